The summed E-state index contributed by atoms with van der Waals surface area (Å²) in [6.45, 7) is 0. The molecule has 4 rings (SSSR count). The van der Waals surface area contributed by atoms with Gasteiger partial charge in [-0.25, -0.2) is 0 Å². The summed E-state index contributed by atoms with van der Waals surface area (Å²) >= 11 is 0. The number of hydrogen-bond acceptors (Lipinski definition) is 3. The Hall–Kier alpha value is -3.77. The molecule has 3 aromatic carbocycles. The van der Waals surface area contributed by atoms with Crippen molar-refractivity contribution in [3.8, 4) is 28.9 Å². The zero-order valence-corrected chi connectivity index (χ0v) is 14.7. The van der Waals surface area contributed by atoms with E-state index in [0.29, 0.717) is 28.0 Å². The van der Waals surface area contributed by atoms with E-state index in [2.05, 4.69) is 11.8 Å². The molecular weight excluding hydrogens is 336 g/mol. The number of hydrogen-bond donors (Lipinski definition) is 0. The molecule has 1 heterocycles. The Morgan fingerprint density at radius 2 is 1.56 bits per heavy atom. The molecule has 0 radical (unpaired) electrons. The summed E-state index contributed by atoms with van der Waals surface area (Å²) in [6.07, 6.45) is 0. The first-order valence-electron chi connectivity index (χ1n) is 8.53. The molecule has 0 aliphatic heterocycles. The molecule has 0 aliphatic carbocycles. The van der Waals surface area contributed by atoms with Gasteiger partial charge in [0.05, 0.1) is 12.5 Å². The average molecular weight is 352 g/mol. The van der Waals surface area contributed by atoms with Crippen LogP contribution in [-0.4, -0.2) is 7.11 Å². The van der Waals surface area contributed by atoms with Crippen LogP contribution in [0.5, 0.6) is 5.75 Å². The zero-order chi connectivity index (χ0) is 18.6. The molecule has 3 heteroatoms. The van der Waals surface area contributed by atoms with Crippen LogP contribution in [0.4, 0.5) is 0 Å². The molecular formula is C24H16O3. The van der Waals surface area contributed by atoms with E-state index in [1.807, 2.05) is 60.7 Å². The molecule has 27 heavy (non-hydrogen) atoms. The Kier molecular flexibility index (Phi) is 4.47. The quantitative estimate of drug-likeness (QED) is 0.483. The predicted octanol–water partition coefficient (Wildman–Crippen LogP) is 4.87. The zero-order valence-electron chi connectivity index (χ0n) is 14.7. The maximum absolute atomic E-state index is 13.2. The van der Waals surface area contributed by atoms with E-state index in [-0.39, 0.29) is 5.43 Å². The third-order valence-corrected chi connectivity index (χ3v) is 4.24. The third kappa shape index (κ3) is 3.33. The van der Waals surface area contributed by atoms with E-state index >= 15 is 0 Å². The lowest BCUT2D eigenvalue weighted by Crippen LogP contribution is -2.08. The largest absolute Gasteiger partial charge is 0.497 e. The van der Waals surface area contributed by atoms with Gasteiger partial charge in [0.15, 0.2) is 5.76 Å². The molecule has 0 bridgehead atoms. The standard InChI is InChI=1S/C24H16O3/c1-26-19-13-15-22-21(16-19)23(25)20(14-12-17-8-4-2-5-9-17)24(27-22)18-10-6-3-7-11-18/h2-11,13,15-16H,1H3. The summed E-state index contributed by atoms with van der Waals surface area (Å²) in [6, 6.07) is 24.3. The van der Waals surface area contributed by atoms with Gasteiger partial charge >= 0.3 is 0 Å². The monoisotopic (exact) mass is 352 g/mol. The summed E-state index contributed by atoms with van der Waals surface area (Å²) < 4.78 is 11.3. The number of rotatable bonds is 2. The minimum atomic E-state index is -0.169. The smallest absolute Gasteiger partial charge is 0.209 e. The topological polar surface area (TPSA) is 39.4 Å². The molecule has 0 N–H and O–H groups in total. The Balaban J connectivity index is 2.00. The lowest BCUT2D eigenvalue weighted by atomic mass is 10.0. The van der Waals surface area contributed by atoms with Crippen LogP contribution < -0.4 is 10.2 Å². The lowest BCUT2D eigenvalue weighted by molar-refractivity contribution is 0.415. The van der Waals surface area contributed by atoms with E-state index in [9.17, 15) is 4.79 Å². The summed E-state index contributed by atoms with van der Waals surface area (Å²) in [4.78, 5) is 13.2. The van der Waals surface area contributed by atoms with Crippen LogP contribution in [0.25, 0.3) is 22.3 Å². The number of fused-ring (bicyclic) bond motifs is 1. The van der Waals surface area contributed by atoms with E-state index in [1.165, 1.54) is 0 Å². The van der Waals surface area contributed by atoms with Crippen LogP contribution in [0.1, 0.15) is 11.1 Å². The molecule has 0 saturated heterocycles. The van der Waals surface area contributed by atoms with Crippen LogP contribution in [0, 0.1) is 11.8 Å². The first kappa shape index (κ1) is 16.7. The van der Waals surface area contributed by atoms with Crippen molar-refractivity contribution in [2.45, 2.75) is 0 Å². The maximum atomic E-state index is 13.2. The molecule has 0 saturated carbocycles. The second-order valence-corrected chi connectivity index (χ2v) is 5.98. The first-order chi connectivity index (χ1) is 13.3. The van der Waals surface area contributed by atoms with Crippen molar-refractivity contribution in [2.75, 3.05) is 7.11 Å². The van der Waals surface area contributed by atoms with Gasteiger partial charge in [0.2, 0.25) is 5.43 Å². The normalized spacial score (nSPS) is 10.3. The second-order valence-electron chi connectivity index (χ2n) is 5.98. The second kappa shape index (κ2) is 7.23. The fraction of sp³-hybridized carbons (Fsp3) is 0.0417. The molecule has 130 valence electrons. The summed E-state index contributed by atoms with van der Waals surface area (Å²) in [5.74, 6) is 7.17. The van der Waals surface area contributed by atoms with Crippen LogP contribution in [-0.2, 0) is 0 Å². The van der Waals surface area contributed by atoms with Gasteiger partial charge in [-0.3, -0.25) is 4.79 Å². The number of methoxy groups -OCH3 is 1. The molecule has 0 atom stereocenters. The van der Waals surface area contributed by atoms with Gasteiger partial charge in [0.25, 0.3) is 0 Å². The highest BCUT2D eigenvalue weighted by Gasteiger charge is 2.15. The molecule has 4 aromatic rings. The Morgan fingerprint density at radius 1 is 0.852 bits per heavy atom. The fourth-order valence-electron chi connectivity index (χ4n) is 2.86. The average Bonchev–Trinajstić information content (AvgIpc) is 2.74. The van der Waals surface area contributed by atoms with E-state index < -0.39 is 0 Å². The van der Waals surface area contributed by atoms with Crippen LogP contribution in [0.2, 0.25) is 0 Å². The number of ether oxygens (including phenoxy) is 1. The van der Waals surface area contributed by atoms with Gasteiger partial charge in [-0.2, -0.15) is 0 Å². The van der Waals surface area contributed by atoms with Crippen molar-refractivity contribution < 1.29 is 9.15 Å². The van der Waals surface area contributed by atoms with Gasteiger partial charge in [0.1, 0.15) is 16.9 Å². The molecule has 0 fully saturated rings. The van der Waals surface area contributed by atoms with E-state index in [0.717, 1.165) is 11.1 Å². The van der Waals surface area contributed by atoms with Crippen molar-refractivity contribution in [2.24, 2.45) is 0 Å². The van der Waals surface area contributed by atoms with Crippen LogP contribution in [0.15, 0.2) is 88.1 Å². The molecule has 0 unspecified atom stereocenters. The van der Waals surface area contributed by atoms with Gasteiger partial charge in [-0.05, 0) is 30.3 Å². The van der Waals surface area contributed by atoms with Crippen LogP contribution >= 0.6 is 0 Å². The molecule has 3 nitrogen and oxygen atoms in total. The highest BCUT2D eigenvalue weighted by Crippen LogP contribution is 2.27. The SMILES string of the molecule is COc1ccc2oc(-c3ccccc3)c(C#Cc3ccccc3)c(=O)c2c1. The Labute approximate surface area is 156 Å². The van der Waals surface area contributed by atoms with Gasteiger partial charge in [-0.1, -0.05) is 60.4 Å². The maximum Gasteiger partial charge on any atom is 0.209 e. The minimum Gasteiger partial charge on any atom is -0.497 e. The van der Waals surface area contributed by atoms with Gasteiger partial charge in [-0.15, -0.1) is 0 Å². The summed E-state index contributed by atoms with van der Waals surface area (Å²) in [5.41, 5.74) is 2.32. The molecule has 0 spiro atoms. The molecule has 0 amide bonds. The predicted molar refractivity (Wildman–Crippen MR) is 107 cm³/mol. The third-order valence-electron chi connectivity index (χ3n) is 4.24. The molecule has 0 aliphatic rings. The van der Waals surface area contributed by atoms with Gasteiger partial charge in [0, 0.05) is 11.1 Å². The molecule has 1 aromatic heterocycles. The van der Waals surface area contributed by atoms with Crippen molar-refractivity contribution in [1.29, 1.82) is 0 Å². The van der Waals surface area contributed by atoms with Gasteiger partial charge < -0.3 is 9.15 Å². The highest BCUT2D eigenvalue weighted by molar-refractivity contribution is 5.83. The Bertz CT molecular complexity index is 1210. The van der Waals surface area contributed by atoms with Crippen molar-refractivity contribution in [1.82, 2.24) is 0 Å². The fourth-order valence-corrected chi connectivity index (χ4v) is 2.86. The van der Waals surface area contributed by atoms with Crippen molar-refractivity contribution in [3.63, 3.8) is 0 Å². The van der Waals surface area contributed by atoms with Crippen molar-refractivity contribution >= 4 is 11.0 Å². The minimum absolute atomic E-state index is 0.169. The highest BCUT2D eigenvalue weighted by atomic mass is 16.5. The first-order valence-corrected chi connectivity index (χ1v) is 8.53. The summed E-state index contributed by atoms with van der Waals surface area (Å²) in [7, 11) is 1.57. The van der Waals surface area contributed by atoms with Crippen LogP contribution in [0.3, 0.4) is 0 Å². The van der Waals surface area contributed by atoms with Crippen molar-refractivity contribution in [3.05, 3.63) is 100 Å². The van der Waals surface area contributed by atoms with E-state index in [1.54, 1.807) is 25.3 Å². The Morgan fingerprint density at radius 3 is 2.26 bits per heavy atom. The lowest BCUT2D eigenvalue weighted by Gasteiger charge is -2.07. The summed E-state index contributed by atoms with van der Waals surface area (Å²) in [5, 5.41) is 0.450. The van der Waals surface area contributed by atoms with E-state index in [4.69, 9.17) is 9.15 Å². The number of benzene rings is 3.